The van der Waals surface area contributed by atoms with E-state index in [-0.39, 0.29) is 12.1 Å². The first kappa shape index (κ1) is 18.5. The predicted molar refractivity (Wildman–Crippen MR) is 112 cm³/mol. The van der Waals surface area contributed by atoms with Crippen molar-refractivity contribution in [2.24, 2.45) is 0 Å². The molecule has 1 atom stereocenters. The molecule has 1 aliphatic heterocycles. The Morgan fingerprint density at radius 1 is 0.857 bits per heavy atom. The molecule has 0 amide bonds. The molecule has 0 N–H and O–H groups in total. The molecule has 0 saturated carbocycles. The van der Waals surface area contributed by atoms with Gasteiger partial charge < -0.3 is 4.74 Å². The van der Waals surface area contributed by atoms with Crippen LogP contribution in [-0.2, 0) is 11.3 Å². The van der Waals surface area contributed by atoms with Crippen molar-refractivity contribution in [3.05, 3.63) is 95.1 Å². The summed E-state index contributed by atoms with van der Waals surface area (Å²) in [6.07, 6.45) is -0.335. The van der Waals surface area contributed by atoms with Crippen molar-refractivity contribution in [3.63, 3.8) is 0 Å². The van der Waals surface area contributed by atoms with Gasteiger partial charge in [0.2, 0.25) is 0 Å². The Morgan fingerprint density at radius 3 is 2.36 bits per heavy atom. The van der Waals surface area contributed by atoms with Crippen molar-refractivity contribution in [3.8, 4) is 11.1 Å². The molecule has 0 radical (unpaired) electrons. The van der Waals surface area contributed by atoms with Crippen LogP contribution < -0.4 is 0 Å². The van der Waals surface area contributed by atoms with Crippen LogP contribution in [0.2, 0.25) is 0 Å². The lowest BCUT2D eigenvalue weighted by atomic mass is 9.94. The van der Waals surface area contributed by atoms with Crippen LogP contribution in [0, 0.1) is 0 Å². The molecule has 4 rings (SSSR count). The highest BCUT2D eigenvalue weighted by atomic mass is 16.5. The second kappa shape index (κ2) is 7.99. The fourth-order valence-corrected chi connectivity index (χ4v) is 3.89. The van der Waals surface area contributed by atoms with Crippen molar-refractivity contribution in [1.29, 1.82) is 0 Å². The van der Waals surface area contributed by atoms with Crippen LogP contribution in [0.3, 0.4) is 0 Å². The molecule has 1 unspecified atom stereocenters. The van der Waals surface area contributed by atoms with Crippen molar-refractivity contribution in [2.75, 3.05) is 13.1 Å². The zero-order valence-corrected chi connectivity index (χ0v) is 16.4. The third-order valence-corrected chi connectivity index (χ3v) is 5.49. The fourth-order valence-electron chi connectivity index (χ4n) is 3.89. The van der Waals surface area contributed by atoms with Crippen LogP contribution in [0.5, 0.6) is 0 Å². The fraction of sp³-hybridized carbons (Fsp3) is 0.240. The topological polar surface area (TPSA) is 29.5 Å². The molecule has 0 bridgehead atoms. The van der Waals surface area contributed by atoms with Gasteiger partial charge in [0, 0.05) is 12.1 Å². The maximum atomic E-state index is 12.2. The summed E-state index contributed by atoms with van der Waals surface area (Å²) in [6.45, 7) is 7.37. The highest BCUT2D eigenvalue weighted by Crippen LogP contribution is 2.37. The van der Waals surface area contributed by atoms with Crippen LogP contribution in [0.25, 0.3) is 11.1 Å². The van der Waals surface area contributed by atoms with Gasteiger partial charge in [0.1, 0.15) is 0 Å². The number of fused-ring (bicyclic) bond motifs is 1. The Bertz CT molecular complexity index is 991. The highest BCUT2D eigenvalue weighted by Gasteiger charge is 2.31. The average Bonchev–Trinajstić information content (AvgIpc) is 3.09. The van der Waals surface area contributed by atoms with Crippen molar-refractivity contribution < 1.29 is 9.53 Å². The lowest BCUT2D eigenvalue weighted by molar-refractivity contribution is 0.0456. The van der Waals surface area contributed by atoms with Crippen molar-refractivity contribution >= 4 is 5.97 Å². The molecule has 0 spiro atoms. The van der Waals surface area contributed by atoms with Gasteiger partial charge in [-0.25, -0.2) is 4.79 Å². The van der Waals surface area contributed by atoms with Gasteiger partial charge in [0.25, 0.3) is 0 Å². The van der Waals surface area contributed by atoms with E-state index in [1.165, 1.54) is 11.1 Å². The minimum atomic E-state index is -0.335. The summed E-state index contributed by atoms with van der Waals surface area (Å²) in [5.74, 6) is -0.243. The van der Waals surface area contributed by atoms with E-state index in [1.807, 2.05) is 36.4 Å². The van der Waals surface area contributed by atoms with E-state index in [0.29, 0.717) is 5.56 Å². The second-order valence-corrected chi connectivity index (χ2v) is 7.12. The Labute approximate surface area is 166 Å². The summed E-state index contributed by atoms with van der Waals surface area (Å²) in [4.78, 5) is 14.6. The highest BCUT2D eigenvalue weighted by molar-refractivity contribution is 5.94. The third kappa shape index (κ3) is 3.46. The van der Waals surface area contributed by atoms with Gasteiger partial charge >= 0.3 is 5.97 Å². The van der Waals surface area contributed by atoms with E-state index in [4.69, 9.17) is 4.74 Å². The number of nitrogens with zero attached hydrogens (tertiary/aromatic N) is 1. The molecule has 28 heavy (non-hydrogen) atoms. The molecular formula is C25H25NO2. The SMILES string of the molecule is CCN(CC)Cc1ccccc1-c1cccc(C2OC(=O)c3ccccc32)c1. The first-order valence-corrected chi connectivity index (χ1v) is 9.91. The maximum absolute atomic E-state index is 12.2. The summed E-state index contributed by atoms with van der Waals surface area (Å²) in [5.41, 5.74) is 6.32. The first-order chi connectivity index (χ1) is 13.7. The van der Waals surface area contributed by atoms with Crippen LogP contribution in [0.1, 0.15) is 47.0 Å². The molecule has 0 saturated heterocycles. The Balaban J connectivity index is 1.71. The monoisotopic (exact) mass is 371 g/mol. The smallest absolute Gasteiger partial charge is 0.339 e. The van der Waals surface area contributed by atoms with Gasteiger partial charge in [0.05, 0.1) is 5.56 Å². The number of esters is 1. The zero-order chi connectivity index (χ0) is 19.5. The number of hydrogen-bond donors (Lipinski definition) is 0. The van der Waals surface area contributed by atoms with Crippen LogP contribution >= 0.6 is 0 Å². The molecule has 3 heteroatoms. The molecule has 3 nitrogen and oxygen atoms in total. The van der Waals surface area contributed by atoms with Gasteiger partial charge in [0.15, 0.2) is 6.10 Å². The molecule has 3 aromatic carbocycles. The molecule has 1 heterocycles. The molecule has 142 valence electrons. The largest absolute Gasteiger partial charge is 0.449 e. The predicted octanol–water partition coefficient (Wildman–Crippen LogP) is 5.46. The maximum Gasteiger partial charge on any atom is 0.339 e. The summed E-state index contributed by atoms with van der Waals surface area (Å²) in [7, 11) is 0. The first-order valence-electron chi connectivity index (χ1n) is 9.91. The number of ether oxygens (including phenoxy) is 1. The van der Waals surface area contributed by atoms with Gasteiger partial charge in [-0.3, -0.25) is 4.90 Å². The number of carbonyl (C=O) groups is 1. The van der Waals surface area contributed by atoms with Crippen molar-refractivity contribution in [2.45, 2.75) is 26.5 Å². The normalized spacial score (nSPS) is 15.5. The number of cyclic esters (lactones) is 1. The van der Waals surface area contributed by atoms with Gasteiger partial charge in [-0.15, -0.1) is 0 Å². The number of benzene rings is 3. The van der Waals surface area contributed by atoms with E-state index >= 15 is 0 Å². The Morgan fingerprint density at radius 2 is 1.57 bits per heavy atom. The van der Waals surface area contributed by atoms with E-state index in [9.17, 15) is 4.79 Å². The van der Waals surface area contributed by atoms with Gasteiger partial charge in [-0.2, -0.15) is 0 Å². The van der Waals surface area contributed by atoms with E-state index in [1.54, 1.807) is 0 Å². The molecule has 0 fully saturated rings. The lowest BCUT2D eigenvalue weighted by Crippen LogP contribution is -2.22. The van der Waals surface area contributed by atoms with Gasteiger partial charge in [-0.1, -0.05) is 74.5 Å². The molecule has 1 aliphatic rings. The summed E-state index contributed by atoms with van der Waals surface area (Å²) in [5, 5.41) is 0. The molecule has 0 aliphatic carbocycles. The van der Waals surface area contributed by atoms with Crippen LogP contribution in [-0.4, -0.2) is 24.0 Å². The summed E-state index contributed by atoms with van der Waals surface area (Å²) in [6, 6.07) is 24.6. The number of rotatable bonds is 6. The lowest BCUT2D eigenvalue weighted by Gasteiger charge is -2.20. The molecule has 0 aromatic heterocycles. The van der Waals surface area contributed by atoms with Crippen LogP contribution in [0.15, 0.2) is 72.8 Å². The third-order valence-electron chi connectivity index (χ3n) is 5.49. The summed E-state index contributed by atoms with van der Waals surface area (Å²) < 4.78 is 5.69. The van der Waals surface area contributed by atoms with E-state index in [0.717, 1.165) is 36.3 Å². The van der Waals surface area contributed by atoms with E-state index in [2.05, 4.69) is 55.1 Å². The Kier molecular flexibility index (Phi) is 5.27. The van der Waals surface area contributed by atoms with Gasteiger partial charge in [-0.05, 0) is 47.5 Å². The average molecular weight is 371 g/mol. The quantitative estimate of drug-likeness (QED) is 0.539. The number of carbonyl (C=O) groups excluding carboxylic acids is 1. The zero-order valence-electron chi connectivity index (χ0n) is 16.4. The minimum Gasteiger partial charge on any atom is -0.449 e. The van der Waals surface area contributed by atoms with Crippen molar-refractivity contribution in [1.82, 2.24) is 4.90 Å². The number of hydrogen-bond acceptors (Lipinski definition) is 3. The molecule has 3 aromatic rings. The Hall–Kier alpha value is -2.91. The molecular weight excluding hydrogens is 346 g/mol. The standard InChI is InChI=1S/C25H25NO2/c1-3-26(4-2)17-20-10-5-6-13-21(20)18-11-9-12-19(16-18)24-22-14-7-8-15-23(22)25(27)28-24/h5-16,24H,3-4,17H2,1-2H3. The van der Waals surface area contributed by atoms with E-state index < -0.39 is 0 Å². The summed E-state index contributed by atoms with van der Waals surface area (Å²) >= 11 is 0. The minimum absolute atomic E-state index is 0.243. The van der Waals surface area contributed by atoms with Crippen LogP contribution in [0.4, 0.5) is 0 Å². The second-order valence-electron chi connectivity index (χ2n) is 7.12.